The Balaban J connectivity index is 1.08. The quantitative estimate of drug-likeness (QED) is 0.328. The SMILES string of the molecule is Cc1cc(-c2nc(-c3ccc(C4(F)CCOCC4)cc3)no2)nn1Cc1ccc(NCCN2CCCC2)nc1. The fourth-order valence-electron chi connectivity index (χ4n) is 5.26. The molecule has 0 aliphatic carbocycles. The summed E-state index contributed by atoms with van der Waals surface area (Å²) in [5, 5.41) is 12.2. The van der Waals surface area contributed by atoms with Gasteiger partial charge in [-0.25, -0.2) is 9.37 Å². The lowest BCUT2D eigenvalue weighted by molar-refractivity contribution is -0.0114. The molecule has 0 bridgehead atoms. The molecule has 10 heteroatoms. The zero-order valence-corrected chi connectivity index (χ0v) is 22.3. The van der Waals surface area contributed by atoms with Crippen LogP contribution in [0.25, 0.3) is 23.0 Å². The van der Waals surface area contributed by atoms with Gasteiger partial charge in [0.05, 0.1) is 6.54 Å². The number of rotatable bonds is 9. The Kier molecular flexibility index (Phi) is 7.38. The monoisotopic (exact) mass is 531 g/mol. The smallest absolute Gasteiger partial charge is 0.278 e. The van der Waals surface area contributed by atoms with E-state index >= 15 is 4.39 Å². The molecule has 1 N–H and O–H groups in total. The van der Waals surface area contributed by atoms with E-state index in [0.717, 1.165) is 35.7 Å². The highest BCUT2D eigenvalue weighted by molar-refractivity contribution is 5.58. The topological polar surface area (TPSA) is 94.1 Å². The number of aryl methyl sites for hydroxylation is 1. The van der Waals surface area contributed by atoms with Gasteiger partial charge in [0.1, 0.15) is 11.5 Å². The summed E-state index contributed by atoms with van der Waals surface area (Å²) in [5.74, 6) is 1.68. The van der Waals surface area contributed by atoms with Gasteiger partial charge < -0.3 is 19.5 Å². The lowest BCUT2D eigenvalue weighted by Gasteiger charge is -2.29. The van der Waals surface area contributed by atoms with Crippen molar-refractivity contribution in [3.05, 3.63) is 65.5 Å². The van der Waals surface area contributed by atoms with Gasteiger partial charge >= 0.3 is 0 Å². The van der Waals surface area contributed by atoms with Crippen molar-refractivity contribution in [3.63, 3.8) is 0 Å². The Bertz CT molecular complexity index is 1370. The van der Waals surface area contributed by atoms with E-state index in [-0.39, 0.29) is 0 Å². The average molecular weight is 532 g/mol. The minimum Gasteiger partial charge on any atom is -0.381 e. The first-order valence-corrected chi connectivity index (χ1v) is 13.7. The van der Waals surface area contributed by atoms with E-state index in [0.29, 0.717) is 55.6 Å². The first-order valence-electron chi connectivity index (χ1n) is 13.7. The second-order valence-corrected chi connectivity index (χ2v) is 10.4. The number of aromatic nitrogens is 5. The van der Waals surface area contributed by atoms with E-state index in [9.17, 15) is 0 Å². The molecule has 0 radical (unpaired) electrons. The number of pyridine rings is 1. The molecule has 39 heavy (non-hydrogen) atoms. The molecule has 2 saturated heterocycles. The Hall–Kier alpha value is -3.63. The number of hydrogen-bond acceptors (Lipinski definition) is 8. The molecule has 2 aliphatic heterocycles. The Morgan fingerprint density at radius 3 is 2.59 bits per heavy atom. The molecule has 0 spiro atoms. The third kappa shape index (κ3) is 5.86. The predicted molar refractivity (Wildman–Crippen MR) is 146 cm³/mol. The van der Waals surface area contributed by atoms with Crippen molar-refractivity contribution in [2.45, 2.75) is 44.8 Å². The van der Waals surface area contributed by atoms with Crippen LogP contribution in [0.15, 0.2) is 53.2 Å². The molecule has 6 rings (SSSR count). The largest absolute Gasteiger partial charge is 0.381 e. The van der Waals surface area contributed by atoms with E-state index < -0.39 is 5.67 Å². The van der Waals surface area contributed by atoms with Crippen LogP contribution in [0, 0.1) is 6.92 Å². The minimum atomic E-state index is -1.34. The first kappa shape index (κ1) is 25.6. The summed E-state index contributed by atoms with van der Waals surface area (Å²) in [4.78, 5) is 11.6. The number of halogens is 1. The minimum absolute atomic E-state index is 0.345. The molecule has 1 aromatic carbocycles. The standard InChI is InChI=1S/C29H34FN7O2/c1-21-18-25(34-37(21)20-22-4-9-26(32-19-22)31-12-15-36-13-2-3-14-36)28-33-27(35-39-28)23-5-7-24(8-6-23)29(30)10-16-38-17-11-29/h4-9,18-19H,2-3,10-17,20H2,1H3,(H,31,32). The number of benzene rings is 1. The lowest BCUT2D eigenvalue weighted by Crippen LogP contribution is -2.29. The van der Waals surface area contributed by atoms with E-state index in [4.69, 9.17) is 14.4 Å². The van der Waals surface area contributed by atoms with Crippen molar-refractivity contribution in [1.29, 1.82) is 0 Å². The van der Waals surface area contributed by atoms with Gasteiger partial charge in [0.2, 0.25) is 5.82 Å². The van der Waals surface area contributed by atoms with Gasteiger partial charge in [0, 0.05) is 56.6 Å². The summed E-state index contributed by atoms with van der Waals surface area (Å²) in [6.45, 7) is 7.82. The van der Waals surface area contributed by atoms with Crippen molar-refractivity contribution in [2.75, 3.05) is 44.7 Å². The van der Waals surface area contributed by atoms with Crippen molar-refractivity contribution in [2.24, 2.45) is 0 Å². The van der Waals surface area contributed by atoms with Gasteiger partial charge in [-0.3, -0.25) is 4.68 Å². The van der Waals surface area contributed by atoms with Crippen LogP contribution in [0.4, 0.5) is 10.2 Å². The van der Waals surface area contributed by atoms with Crippen LogP contribution in [0.2, 0.25) is 0 Å². The van der Waals surface area contributed by atoms with Crippen LogP contribution in [0.5, 0.6) is 0 Å². The van der Waals surface area contributed by atoms with Gasteiger partial charge in [-0.2, -0.15) is 10.1 Å². The number of ether oxygens (including phenoxy) is 1. The van der Waals surface area contributed by atoms with Crippen LogP contribution in [0.1, 0.15) is 42.5 Å². The van der Waals surface area contributed by atoms with Crippen molar-refractivity contribution in [1.82, 2.24) is 29.8 Å². The Morgan fingerprint density at radius 2 is 1.85 bits per heavy atom. The van der Waals surface area contributed by atoms with Gasteiger partial charge in [0.15, 0.2) is 5.69 Å². The van der Waals surface area contributed by atoms with Crippen molar-refractivity contribution < 1.29 is 13.7 Å². The molecule has 0 atom stereocenters. The fourth-order valence-corrected chi connectivity index (χ4v) is 5.26. The van der Waals surface area contributed by atoms with Crippen LogP contribution in [0.3, 0.4) is 0 Å². The highest BCUT2D eigenvalue weighted by Crippen LogP contribution is 2.37. The number of anilines is 1. The summed E-state index contributed by atoms with van der Waals surface area (Å²) >= 11 is 0. The fraction of sp³-hybridized carbons (Fsp3) is 0.448. The Morgan fingerprint density at radius 1 is 1.05 bits per heavy atom. The van der Waals surface area contributed by atoms with E-state index in [1.807, 2.05) is 42.1 Å². The molecule has 2 fully saturated rings. The number of likely N-dealkylation sites (tertiary alicyclic amines) is 1. The predicted octanol–water partition coefficient (Wildman–Crippen LogP) is 4.83. The zero-order chi connectivity index (χ0) is 26.7. The van der Waals surface area contributed by atoms with Gasteiger partial charge in [-0.15, -0.1) is 0 Å². The first-order chi connectivity index (χ1) is 19.1. The van der Waals surface area contributed by atoms with Crippen LogP contribution >= 0.6 is 0 Å². The molecule has 0 unspecified atom stereocenters. The normalized spacial score (nSPS) is 17.5. The molecule has 0 amide bonds. The maximum absolute atomic E-state index is 15.2. The molecule has 204 valence electrons. The number of nitrogens with zero attached hydrogens (tertiary/aromatic N) is 6. The van der Waals surface area contributed by atoms with E-state index in [1.165, 1.54) is 25.9 Å². The molecule has 3 aromatic heterocycles. The second kappa shape index (κ2) is 11.2. The van der Waals surface area contributed by atoms with Crippen LogP contribution < -0.4 is 5.32 Å². The lowest BCUT2D eigenvalue weighted by atomic mass is 9.88. The molecular formula is C29H34FN7O2. The summed E-state index contributed by atoms with van der Waals surface area (Å²) in [6, 6.07) is 13.3. The summed E-state index contributed by atoms with van der Waals surface area (Å²) < 4.78 is 28.0. The molecule has 9 nitrogen and oxygen atoms in total. The molecule has 5 heterocycles. The van der Waals surface area contributed by atoms with Crippen LogP contribution in [-0.2, 0) is 17.0 Å². The maximum atomic E-state index is 15.2. The number of hydrogen-bond donors (Lipinski definition) is 1. The molecule has 4 aromatic rings. The summed E-state index contributed by atoms with van der Waals surface area (Å²) in [7, 11) is 0. The van der Waals surface area contributed by atoms with Crippen LogP contribution in [-0.4, -0.2) is 69.2 Å². The Labute approximate surface area is 227 Å². The van der Waals surface area contributed by atoms with Crippen molar-refractivity contribution in [3.8, 4) is 23.0 Å². The van der Waals surface area contributed by atoms with E-state index in [2.05, 4.69) is 31.4 Å². The number of alkyl halides is 1. The zero-order valence-electron chi connectivity index (χ0n) is 22.3. The van der Waals surface area contributed by atoms with Gasteiger partial charge in [-0.05, 0) is 56.1 Å². The highest BCUT2D eigenvalue weighted by Gasteiger charge is 2.34. The summed E-state index contributed by atoms with van der Waals surface area (Å²) in [5.41, 5.74) is 2.73. The van der Waals surface area contributed by atoms with Gasteiger partial charge in [-0.1, -0.05) is 35.5 Å². The van der Waals surface area contributed by atoms with E-state index in [1.54, 1.807) is 12.1 Å². The maximum Gasteiger partial charge on any atom is 0.278 e. The molecule has 0 saturated carbocycles. The number of nitrogens with one attached hydrogen (secondary N) is 1. The molecule has 2 aliphatic rings. The second-order valence-electron chi connectivity index (χ2n) is 10.4. The molecular weight excluding hydrogens is 497 g/mol. The van der Waals surface area contributed by atoms with Crippen molar-refractivity contribution >= 4 is 5.82 Å². The highest BCUT2D eigenvalue weighted by atomic mass is 19.1. The average Bonchev–Trinajstić information content (AvgIpc) is 3.73. The summed E-state index contributed by atoms with van der Waals surface area (Å²) in [6.07, 6.45) is 5.24. The van der Waals surface area contributed by atoms with Gasteiger partial charge in [0.25, 0.3) is 5.89 Å². The third-order valence-electron chi connectivity index (χ3n) is 7.66. The third-order valence-corrected chi connectivity index (χ3v) is 7.66.